The summed E-state index contributed by atoms with van der Waals surface area (Å²) in [4.78, 5) is 11.8. The molecule has 1 aliphatic rings. The molecule has 2 rings (SSSR count). The predicted octanol–water partition coefficient (Wildman–Crippen LogP) is 3.37. The van der Waals surface area contributed by atoms with Crippen molar-refractivity contribution in [1.82, 2.24) is 14.9 Å². The second kappa shape index (κ2) is 7.02. The molecule has 2 heterocycles. The third-order valence-corrected chi connectivity index (χ3v) is 4.16. The average Bonchev–Trinajstić information content (AvgIpc) is 2.40. The van der Waals surface area contributed by atoms with Crippen LogP contribution in [0.15, 0.2) is 6.07 Å². The van der Waals surface area contributed by atoms with Crippen LogP contribution in [-0.2, 0) is 6.54 Å². The van der Waals surface area contributed by atoms with Gasteiger partial charge in [-0.05, 0) is 40.0 Å². The highest BCUT2D eigenvalue weighted by Gasteiger charge is 2.25. The molecule has 0 saturated carbocycles. The van der Waals surface area contributed by atoms with Crippen LogP contribution < -0.4 is 5.32 Å². The summed E-state index contributed by atoms with van der Waals surface area (Å²) >= 11 is 0. The molecule has 20 heavy (non-hydrogen) atoms. The van der Waals surface area contributed by atoms with Gasteiger partial charge in [-0.25, -0.2) is 9.97 Å². The normalized spacial score (nSPS) is 23.8. The molecule has 1 aromatic rings. The van der Waals surface area contributed by atoms with E-state index in [-0.39, 0.29) is 0 Å². The molecule has 0 radical (unpaired) electrons. The van der Waals surface area contributed by atoms with Crippen molar-refractivity contribution >= 4 is 5.82 Å². The fourth-order valence-corrected chi connectivity index (χ4v) is 2.99. The van der Waals surface area contributed by atoms with Crippen LogP contribution in [0.25, 0.3) is 0 Å². The van der Waals surface area contributed by atoms with Gasteiger partial charge in [0.2, 0.25) is 0 Å². The van der Waals surface area contributed by atoms with Gasteiger partial charge in [0.1, 0.15) is 11.6 Å². The monoisotopic (exact) mass is 276 g/mol. The molecule has 1 fully saturated rings. The largest absolute Gasteiger partial charge is 0.370 e. The van der Waals surface area contributed by atoms with Crippen LogP contribution >= 0.6 is 0 Å². The van der Waals surface area contributed by atoms with E-state index < -0.39 is 0 Å². The molecule has 0 spiro atoms. The van der Waals surface area contributed by atoms with Gasteiger partial charge in [-0.2, -0.15) is 0 Å². The first-order valence-corrected chi connectivity index (χ1v) is 7.94. The lowest BCUT2D eigenvalue weighted by Crippen LogP contribution is -2.43. The third-order valence-electron chi connectivity index (χ3n) is 4.16. The van der Waals surface area contributed by atoms with Gasteiger partial charge < -0.3 is 5.32 Å². The summed E-state index contributed by atoms with van der Waals surface area (Å²) in [7, 11) is 0. The molecule has 0 aromatic carbocycles. The summed E-state index contributed by atoms with van der Waals surface area (Å²) in [6.45, 7) is 10.7. The van der Waals surface area contributed by atoms with Crippen molar-refractivity contribution in [3.63, 3.8) is 0 Å². The van der Waals surface area contributed by atoms with Gasteiger partial charge in [-0.3, -0.25) is 4.90 Å². The smallest absolute Gasteiger partial charge is 0.144 e. The highest BCUT2D eigenvalue weighted by Crippen LogP contribution is 2.24. The van der Waals surface area contributed by atoms with Gasteiger partial charge in [-0.15, -0.1) is 0 Å². The summed E-state index contributed by atoms with van der Waals surface area (Å²) in [5.74, 6) is 1.91. The maximum atomic E-state index is 4.67. The Hall–Kier alpha value is -1.16. The van der Waals surface area contributed by atoms with Crippen LogP contribution in [0.2, 0.25) is 0 Å². The summed E-state index contributed by atoms with van der Waals surface area (Å²) in [5.41, 5.74) is 1.05. The van der Waals surface area contributed by atoms with Crippen molar-refractivity contribution in [3.8, 4) is 0 Å². The molecule has 1 aromatic heterocycles. The number of aryl methyl sites for hydroxylation is 1. The van der Waals surface area contributed by atoms with Crippen LogP contribution in [0.5, 0.6) is 0 Å². The Morgan fingerprint density at radius 2 is 1.95 bits per heavy atom. The Bertz CT molecular complexity index is 422. The number of piperidine rings is 1. The van der Waals surface area contributed by atoms with E-state index in [2.05, 4.69) is 41.0 Å². The van der Waals surface area contributed by atoms with Gasteiger partial charge in [0.15, 0.2) is 0 Å². The zero-order chi connectivity index (χ0) is 14.5. The van der Waals surface area contributed by atoms with E-state index in [0.717, 1.165) is 36.8 Å². The highest BCUT2D eigenvalue weighted by atomic mass is 15.2. The maximum absolute atomic E-state index is 4.67. The first-order valence-electron chi connectivity index (χ1n) is 7.94. The Morgan fingerprint density at radius 3 is 2.60 bits per heavy atom. The molecular weight excluding hydrogens is 248 g/mol. The minimum Gasteiger partial charge on any atom is -0.370 e. The summed E-state index contributed by atoms with van der Waals surface area (Å²) in [5, 5.41) is 3.37. The van der Waals surface area contributed by atoms with Crippen molar-refractivity contribution < 1.29 is 0 Å². The van der Waals surface area contributed by atoms with Gasteiger partial charge >= 0.3 is 0 Å². The van der Waals surface area contributed by atoms with E-state index in [1.54, 1.807) is 0 Å². The first-order chi connectivity index (χ1) is 9.60. The molecule has 1 saturated heterocycles. The molecule has 1 aliphatic heterocycles. The fourth-order valence-electron chi connectivity index (χ4n) is 2.99. The molecule has 112 valence electrons. The standard InChI is InChI=1S/C16H28N4/c1-5-9-17-15-10-12(2)18-16(19-15)11-20-13(3)7-6-8-14(20)4/h10,13-14H,5-9,11H2,1-4H3,(H,17,18,19)/t13-,14+. The molecule has 2 atom stereocenters. The van der Waals surface area contributed by atoms with E-state index in [1.807, 2.05) is 13.0 Å². The second-order valence-electron chi connectivity index (χ2n) is 6.04. The fraction of sp³-hybridized carbons (Fsp3) is 0.750. The lowest BCUT2D eigenvalue weighted by Gasteiger charge is -2.38. The Balaban J connectivity index is 2.09. The molecule has 0 aliphatic carbocycles. The Kier molecular flexibility index (Phi) is 5.35. The first kappa shape index (κ1) is 15.2. The van der Waals surface area contributed by atoms with E-state index in [1.165, 1.54) is 19.3 Å². The van der Waals surface area contributed by atoms with Crippen molar-refractivity contribution in [2.24, 2.45) is 0 Å². The van der Waals surface area contributed by atoms with Crippen LogP contribution in [-0.4, -0.2) is 33.5 Å². The van der Waals surface area contributed by atoms with Crippen molar-refractivity contribution in [1.29, 1.82) is 0 Å². The lowest BCUT2D eigenvalue weighted by molar-refractivity contribution is 0.0922. The Morgan fingerprint density at radius 1 is 1.25 bits per heavy atom. The van der Waals surface area contributed by atoms with Gasteiger partial charge in [-0.1, -0.05) is 13.3 Å². The quantitative estimate of drug-likeness (QED) is 0.895. The number of anilines is 1. The number of hydrogen-bond acceptors (Lipinski definition) is 4. The molecule has 0 unspecified atom stereocenters. The molecule has 0 amide bonds. The average molecular weight is 276 g/mol. The second-order valence-corrected chi connectivity index (χ2v) is 6.04. The lowest BCUT2D eigenvalue weighted by atomic mass is 9.97. The maximum Gasteiger partial charge on any atom is 0.144 e. The van der Waals surface area contributed by atoms with E-state index in [9.17, 15) is 0 Å². The van der Waals surface area contributed by atoms with Crippen molar-refractivity contribution in [2.45, 2.75) is 72.0 Å². The molecule has 4 nitrogen and oxygen atoms in total. The molecule has 4 heteroatoms. The van der Waals surface area contributed by atoms with Gasteiger partial charge in [0, 0.05) is 30.4 Å². The molecular formula is C16H28N4. The van der Waals surface area contributed by atoms with E-state index in [4.69, 9.17) is 0 Å². The topological polar surface area (TPSA) is 41.1 Å². The predicted molar refractivity (Wildman–Crippen MR) is 83.9 cm³/mol. The summed E-state index contributed by atoms with van der Waals surface area (Å²) in [6.07, 6.45) is 5.03. The SMILES string of the molecule is CCCNc1cc(C)nc(CN2[C@H](C)CCC[C@@H]2C)n1. The zero-order valence-electron chi connectivity index (χ0n) is 13.3. The van der Waals surface area contributed by atoms with E-state index in [0.29, 0.717) is 12.1 Å². The summed E-state index contributed by atoms with van der Waals surface area (Å²) < 4.78 is 0. The van der Waals surface area contributed by atoms with Crippen molar-refractivity contribution in [2.75, 3.05) is 11.9 Å². The zero-order valence-corrected chi connectivity index (χ0v) is 13.3. The third kappa shape index (κ3) is 3.92. The number of nitrogens with zero attached hydrogens (tertiary/aromatic N) is 3. The van der Waals surface area contributed by atoms with Crippen molar-refractivity contribution in [3.05, 3.63) is 17.6 Å². The molecule has 0 bridgehead atoms. The number of hydrogen-bond donors (Lipinski definition) is 1. The minimum atomic E-state index is 0.634. The number of likely N-dealkylation sites (tertiary alicyclic amines) is 1. The number of nitrogens with one attached hydrogen (secondary N) is 1. The highest BCUT2D eigenvalue weighted by molar-refractivity contribution is 5.35. The number of aromatic nitrogens is 2. The van der Waals surface area contributed by atoms with Crippen LogP contribution in [0, 0.1) is 6.92 Å². The number of rotatable bonds is 5. The Labute approximate surface area is 123 Å². The van der Waals surface area contributed by atoms with Gasteiger partial charge in [0.05, 0.1) is 6.54 Å². The molecule has 1 N–H and O–H groups in total. The van der Waals surface area contributed by atoms with Crippen LogP contribution in [0.4, 0.5) is 5.82 Å². The van der Waals surface area contributed by atoms with Crippen LogP contribution in [0.3, 0.4) is 0 Å². The van der Waals surface area contributed by atoms with E-state index >= 15 is 0 Å². The minimum absolute atomic E-state index is 0.634. The summed E-state index contributed by atoms with van der Waals surface area (Å²) in [6, 6.07) is 3.30. The van der Waals surface area contributed by atoms with Gasteiger partial charge in [0.25, 0.3) is 0 Å². The van der Waals surface area contributed by atoms with Crippen LogP contribution in [0.1, 0.15) is 58.0 Å².